The Morgan fingerprint density at radius 1 is 1.03 bits per heavy atom. The molecule has 5 nitrogen and oxygen atoms in total. The van der Waals surface area contributed by atoms with Crippen LogP contribution in [0.3, 0.4) is 0 Å². The SMILES string of the molecule is Cc1ccccc1Oc1ccc(NC(=O)[C@@H]2CC(=O)N(c3ccccc3Cl)C2)cc1. The Morgan fingerprint density at radius 2 is 1.73 bits per heavy atom. The van der Waals surface area contributed by atoms with Crippen molar-refractivity contribution in [3.63, 3.8) is 0 Å². The second kappa shape index (κ2) is 8.59. The van der Waals surface area contributed by atoms with E-state index in [9.17, 15) is 9.59 Å². The fourth-order valence-electron chi connectivity index (χ4n) is 3.44. The zero-order chi connectivity index (χ0) is 21.1. The first-order valence-corrected chi connectivity index (χ1v) is 10.1. The highest BCUT2D eigenvalue weighted by molar-refractivity contribution is 6.33. The Hall–Kier alpha value is -3.31. The van der Waals surface area contributed by atoms with Crippen LogP contribution in [0.2, 0.25) is 5.02 Å². The van der Waals surface area contributed by atoms with Crippen LogP contribution in [0.4, 0.5) is 11.4 Å². The molecule has 0 aliphatic carbocycles. The predicted molar refractivity (Wildman–Crippen MR) is 118 cm³/mol. The molecular formula is C24H21ClN2O3. The third-order valence-electron chi connectivity index (χ3n) is 5.08. The normalized spacial score (nSPS) is 15.9. The Labute approximate surface area is 180 Å². The summed E-state index contributed by atoms with van der Waals surface area (Å²) in [4.78, 5) is 26.7. The lowest BCUT2D eigenvalue weighted by Crippen LogP contribution is -2.28. The van der Waals surface area contributed by atoms with Crippen LogP contribution in [-0.2, 0) is 9.59 Å². The highest BCUT2D eigenvalue weighted by atomic mass is 35.5. The molecule has 0 spiro atoms. The lowest BCUT2D eigenvalue weighted by molar-refractivity contribution is -0.122. The summed E-state index contributed by atoms with van der Waals surface area (Å²) in [5, 5.41) is 3.38. The molecule has 152 valence electrons. The Bertz CT molecular complexity index is 1080. The number of hydrogen-bond donors (Lipinski definition) is 1. The van der Waals surface area contributed by atoms with Crippen LogP contribution >= 0.6 is 11.6 Å². The standard InChI is InChI=1S/C24H21ClN2O3/c1-16-6-2-5-9-22(16)30-19-12-10-18(11-13-19)26-24(29)17-14-23(28)27(15-17)21-8-4-3-7-20(21)25/h2-13,17H,14-15H2,1H3,(H,26,29)/t17-/m1/s1. The summed E-state index contributed by atoms with van der Waals surface area (Å²) in [6.45, 7) is 2.29. The lowest BCUT2D eigenvalue weighted by atomic mass is 10.1. The van der Waals surface area contributed by atoms with Gasteiger partial charge < -0.3 is 15.0 Å². The quantitative estimate of drug-likeness (QED) is 0.598. The lowest BCUT2D eigenvalue weighted by Gasteiger charge is -2.18. The van der Waals surface area contributed by atoms with E-state index in [2.05, 4.69) is 5.32 Å². The van der Waals surface area contributed by atoms with E-state index in [-0.39, 0.29) is 18.2 Å². The molecule has 3 aromatic rings. The fourth-order valence-corrected chi connectivity index (χ4v) is 3.67. The van der Waals surface area contributed by atoms with Crippen LogP contribution in [0, 0.1) is 12.8 Å². The molecule has 6 heteroatoms. The minimum Gasteiger partial charge on any atom is -0.457 e. The molecule has 0 radical (unpaired) electrons. The largest absolute Gasteiger partial charge is 0.457 e. The van der Waals surface area contributed by atoms with Crippen molar-refractivity contribution in [1.82, 2.24) is 0 Å². The highest BCUT2D eigenvalue weighted by Gasteiger charge is 2.35. The zero-order valence-corrected chi connectivity index (χ0v) is 17.2. The van der Waals surface area contributed by atoms with Crippen molar-refractivity contribution in [3.05, 3.63) is 83.4 Å². The molecule has 1 N–H and O–H groups in total. The third-order valence-corrected chi connectivity index (χ3v) is 5.40. The summed E-state index contributed by atoms with van der Waals surface area (Å²) in [6, 6.07) is 22.1. The van der Waals surface area contributed by atoms with Gasteiger partial charge in [0.1, 0.15) is 11.5 Å². The number of anilines is 2. The molecule has 3 aromatic carbocycles. The maximum Gasteiger partial charge on any atom is 0.229 e. The number of halogens is 1. The topological polar surface area (TPSA) is 58.6 Å². The van der Waals surface area contributed by atoms with Gasteiger partial charge in [-0.2, -0.15) is 0 Å². The summed E-state index contributed by atoms with van der Waals surface area (Å²) in [5.41, 5.74) is 2.34. The number of amides is 2. The van der Waals surface area contributed by atoms with Crippen molar-refractivity contribution in [3.8, 4) is 11.5 Å². The molecule has 2 amide bonds. The van der Waals surface area contributed by atoms with E-state index in [4.69, 9.17) is 16.3 Å². The van der Waals surface area contributed by atoms with Gasteiger partial charge in [-0.1, -0.05) is 41.9 Å². The molecule has 1 aliphatic heterocycles. The molecule has 1 aliphatic rings. The van der Waals surface area contributed by atoms with Crippen molar-refractivity contribution in [1.29, 1.82) is 0 Å². The van der Waals surface area contributed by atoms with Gasteiger partial charge in [0.15, 0.2) is 0 Å². The molecule has 1 fully saturated rings. The van der Waals surface area contributed by atoms with Gasteiger partial charge in [-0.15, -0.1) is 0 Å². The van der Waals surface area contributed by atoms with Gasteiger partial charge in [0, 0.05) is 18.7 Å². The van der Waals surface area contributed by atoms with Crippen molar-refractivity contribution in [2.24, 2.45) is 5.92 Å². The van der Waals surface area contributed by atoms with E-state index < -0.39 is 5.92 Å². The maximum atomic E-state index is 12.7. The van der Waals surface area contributed by atoms with Gasteiger partial charge in [0.2, 0.25) is 11.8 Å². The van der Waals surface area contributed by atoms with E-state index in [1.807, 2.05) is 43.3 Å². The van der Waals surface area contributed by atoms with Crippen molar-refractivity contribution in [2.45, 2.75) is 13.3 Å². The van der Waals surface area contributed by atoms with Crippen LogP contribution in [-0.4, -0.2) is 18.4 Å². The van der Waals surface area contributed by atoms with Crippen LogP contribution < -0.4 is 15.0 Å². The average molecular weight is 421 g/mol. The molecular weight excluding hydrogens is 400 g/mol. The first-order valence-electron chi connectivity index (χ1n) is 9.70. The highest BCUT2D eigenvalue weighted by Crippen LogP contribution is 2.32. The summed E-state index contributed by atoms with van der Waals surface area (Å²) in [5.74, 6) is 0.744. The minimum absolute atomic E-state index is 0.106. The van der Waals surface area contributed by atoms with E-state index in [1.54, 1.807) is 41.3 Å². The number of nitrogens with one attached hydrogen (secondary N) is 1. The van der Waals surface area contributed by atoms with Gasteiger partial charge in [-0.3, -0.25) is 9.59 Å². The third kappa shape index (κ3) is 4.31. The van der Waals surface area contributed by atoms with Crippen molar-refractivity contribution < 1.29 is 14.3 Å². The summed E-state index contributed by atoms with van der Waals surface area (Å²) in [7, 11) is 0. The van der Waals surface area contributed by atoms with Gasteiger partial charge in [-0.25, -0.2) is 0 Å². The number of carbonyl (C=O) groups excluding carboxylic acids is 2. The molecule has 0 aromatic heterocycles. The first-order chi connectivity index (χ1) is 14.5. The predicted octanol–water partition coefficient (Wildman–Crippen LogP) is 5.43. The Morgan fingerprint density at radius 3 is 2.47 bits per heavy atom. The van der Waals surface area contributed by atoms with Crippen LogP contribution in [0.5, 0.6) is 11.5 Å². The summed E-state index contributed by atoms with van der Waals surface area (Å²) in [6.07, 6.45) is 0.158. The molecule has 0 saturated carbocycles. The number of nitrogens with zero attached hydrogens (tertiary/aromatic N) is 1. The number of benzene rings is 3. The van der Waals surface area contributed by atoms with Gasteiger partial charge >= 0.3 is 0 Å². The minimum atomic E-state index is -0.434. The van der Waals surface area contributed by atoms with Crippen LogP contribution in [0.15, 0.2) is 72.8 Å². The Balaban J connectivity index is 1.39. The van der Waals surface area contributed by atoms with Crippen molar-refractivity contribution >= 4 is 34.8 Å². The number of hydrogen-bond acceptors (Lipinski definition) is 3. The second-order valence-electron chi connectivity index (χ2n) is 7.24. The molecule has 1 atom stereocenters. The van der Waals surface area contributed by atoms with Crippen LogP contribution in [0.25, 0.3) is 0 Å². The van der Waals surface area contributed by atoms with Crippen LogP contribution in [0.1, 0.15) is 12.0 Å². The average Bonchev–Trinajstić information content (AvgIpc) is 3.13. The molecule has 0 bridgehead atoms. The van der Waals surface area contributed by atoms with E-state index >= 15 is 0 Å². The molecule has 1 heterocycles. The molecule has 0 unspecified atom stereocenters. The van der Waals surface area contributed by atoms with Gasteiger partial charge in [0.25, 0.3) is 0 Å². The molecule has 4 rings (SSSR count). The summed E-state index contributed by atoms with van der Waals surface area (Å²) < 4.78 is 5.88. The van der Waals surface area contributed by atoms with Gasteiger partial charge in [-0.05, 0) is 55.0 Å². The van der Waals surface area contributed by atoms with Crippen molar-refractivity contribution in [2.75, 3.05) is 16.8 Å². The fraction of sp³-hybridized carbons (Fsp3) is 0.167. The number of carbonyl (C=O) groups is 2. The maximum absolute atomic E-state index is 12.7. The Kier molecular flexibility index (Phi) is 5.72. The zero-order valence-electron chi connectivity index (χ0n) is 16.5. The smallest absolute Gasteiger partial charge is 0.229 e. The summed E-state index contributed by atoms with van der Waals surface area (Å²) >= 11 is 6.20. The number of ether oxygens (including phenoxy) is 1. The van der Waals surface area contributed by atoms with E-state index in [0.29, 0.717) is 28.7 Å². The number of rotatable bonds is 5. The van der Waals surface area contributed by atoms with E-state index in [0.717, 1.165) is 11.3 Å². The monoisotopic (exact) mass is 420 g/mol. The van der Waals surface area contributed by atoms with E-state index in [1.165, 1.54) is 0 Å². The molecule has 1 saturated heterocycles. The number of para-hydroxylation sites is 2. The first kappa shape index (κ1) is 20.0. The van der Waals surface area contributed by atoms with Gasteiger partial charge in [0.05, 0.1) is 16.6 Å². The number of aryl methyl sites for hydroxylation is 1. The molecule has 30 heavy (non-hydrogen) atoms. The second-order valence-corrected chi connectivity index (χ2v) is 7.65.